The first-order valence-corrected chi connectivity index (χ1v) is 13.7. The molecule has 2 fully saturated rings. The Morgan fingerprint density at radius 3 is 2.11 bits per heavy atom. The number of hydrogen-bond donors (Lipinski definition) is 0. The number of amides is 1. The maximum atomic E-state index is 14.2. The first-order chi connectivity index (χ1) is 18.4. The number of esters is 1. The molecule has 0 atom stereocenters. The molecular weight excluding hydrogens is 472 g/mol. The van der Waals surface area contributed by atoms with Crippen LogP contribution in [0.1, 0.15) is 49.7 Å². The van der Waals surface area contributed by atoms with E-state index in [0.717, 1.165) is 41.6 Å². The van der Waals surface area contributed by atoms with Crippen molar-refractivity contribution in [1.82, 2.24) is 0 Å². The van der Waals surface area contributed by atoms with Crippen LogP contribution in [-0.4, -0.2) is 33.1 Å². The lowest BCUT2D eigenvalue weighted by Gasteiger charge is -2.33. The zero-order valence-electron chi connectivity index (χ0n) is 22.8. The van der Waals surface area contributed by atoms with Crippen molar-refractivity contribution in [3.8, 4) is 11.1 Å². The fourth-order valence-electron chi connectivity index (χ4n) is 6.22. The number of carbonyl (C=O) groups is 2. The predicted molar refractivity (Wildman–Crippen MR) is 153 cm³/mol. The number of carbonyl (C=O) groups excluding carboxylic acids is 2. The molecule has 2 bridgehead atoms. The Morgan fingerprint density at radius 1 is 0.868 bits per heavy atom. The predicted octanol–water partition coefficient (Wildman–Crippen LogP) is 6.64. The van der Waals surface area contributed by atoms with Crippen molar-refractivity contribution in [3.63, 3.8) is 0 Å². The lowest BCUT2D eigenvalue weighted by molar-refractivity contribution is -0.140. The van der Waals surface area contributed by atoms with Crippen LogP contribution in [0, 0.1) is 11.3 Å². The first kappa shape index (κ1) is 26.0. The van der Waals surface area contributed by atoms with Gasteiger partial charge in [-0.3, -0.25) is 9.59 Å². The third-order valence-electron chi connectivity index (χ3n) is 8.52. The maximum Gasteiger partial charge on any atom is 0.305 e. The molecule has 0 unspecified atom stereocenters. The van der Waals surface area contributed by atoms with Gasteiger partial charge in [0.2, 0.25) is 5.91 Å². The molecule has 198 valence electrons. The standard InChI is InChI=1S/C33H38N2O3/c1-34(2)29-14-12-28(13-15-29)27-10-7-26(8-11-27)23-35(32(37)33-19-17-25(22-33)18-20-33)30-6-4-5-24(21-30)9-16-31(36)38-3/h4-8,10-15,21,25H,9,16-20,22-23H2,1-3H3. The molecule has 0 aliphatic heterocycles. The molecule has 0 spiro atoms. The van der Waals surface area contributed by atoms with Gasteiger partial charge in [0.1, 0.15) is 0 Å². The van der Waals surface area contributed by atoms with E-state index in [0.29, 0.717) is 25.3 Å². The van der Waals surface area contributed by atoms with Gasteiger partial charge in [0, 0.05) is 31.9 Å². The van der Waals surface area contributed by atoms with Crippen molar-refractivity contribution in [3.05, 3.63) is 83.9 Å². The van der Waals surface area contributed by atoms with Gasteiger partial charge in [-0.25, -0.2) is 0 Å². The van der Waals surface area contributed by atoms with Gasteiger partial charge in [-0.2, -0.15) is 0 Å². The fraction of sp³-hybridized carbons (Fsp3) is 0.394. The first-order valence-electron chi connectivity index (χ1n) is 13.7. The van der Waals surface area contributed by atoms with Gasteiger partial charge in [0.15, 0.2) is 0 Å². The molecule has 0 heterocycles. The van der Waals surface area contributed by atoms with Gasteiger partial charge in [-0.05, 0) is 91.0 Å². The van der Waals surface area contributed by atoms with Crippen molar-refractivity contribution < 1.29 is 14.3 Å². The second-order valence-corrected chi connectivity index (χ2v) is 11.2. The van der Waals surface area contributed by atoms with Gasteiger partial charge >= 0.3 is 5.97 Å². The summed E-state index contributed by atoms with van der Waals surface area (Å²) in [4.78, 5) is 30.0. The van der Waals surface area contributed by atoms with Crippen LogP contribution in [0.25, 0.3) is 11.1 Å². The van der Waals surface area contributed by atoms with E-state index in [2.05, 4.69) is 59.5 Å². The van der Waals surface area contributed by atoms with Crippen LogP contribution >= 0.6 is 0 Å². The van der Waals surface area contributed by atoms with E-state index >= 15 is 0 Å². The summed E-state index contributed by atoms with van der Waals surface area (Å²) in [6.07, 6.45) is 6.27. The van der Waals surface area contributed by atoms with Gasteiger partial charge in [-0.15, -0.1) is 0 Å². The molecule has 1 amide bonds. The van der Waals surface area contributed by atoms with Crippen LogP contribution < -0.4 is 9.80 Å². The molecule has 3 aromatic rings. The zero-order valence-corrected chi connectivity index (χ0v) is 22.8. The van der Waals surface area contributed by atoms with Gasteiger partial charge < -0.3 is 14.5 Å². The molecular formula is C33H38N2O3. The molecule has 2 aliphatic rings. The summed E-state index contributed by atoms with van der Waals surface area (Å²) in [5.41, 5.74) is 6.34. The highest BCUT2D eigenvalue weighted by atomic mass is 16.5. The highest BCUT2D eigenvalue weighted by Gasteiger charge is 2.51. The maximum absolute atomic E-state index is 14.2. The summed E-state index contributed by atoms with van der Waals surface area (Å²) >= 11 is 0. The molecule has 0 N–H and O–H groups in total. The average Bonchev–Trinajstić information content (AvgIpc) is 3.58. The number of benzene rings is 3. The normalized spacial score (nSPS) is 19.8. The van der Waals surface area contributed by atoms with Gasteiger partial charge in [0.05, 0.1) is 19.1 Å². The lowest BCUT2D eigenvalue weighted by atomic mass is 9.82. The van der Waals surface area contributed by atoms with Gasteiger partial charge in [0.25, 0.3) is 0 Å². The van der Waals surface area contributed by atoms with E-state index in [1.165, 1.54) is 31.2 Å². The summed E-state index contributed by atoms with van der Waals surface area (Å²) in [7, 11) is 5.50. The van der Waals surface area contributed by atoms with E-state index in [9.17, 15) is 9.59 Å². The number of fused-ring (bicyclic) bond motifs is 2. The smallest absolute Gasteiger partial charge is 0.305 e. The summed E-state index contributed by atoms with van der Waals surface area (Å²) in [5, 5.41) is 0. The molecule has 2 saturated carbocycles. The number of rotatable bonds is 9. The molecule has 5 nitrogen and oxygen atoms in total. The van der Waals surface area contributed by atoms with E-state index in [4.69, 9.17) is 4.74 Å². The summed E-state index contributed by atoms with van der Waals surface area (Å²) in [6.45, 7) is 0.533. The Bertz CT molecular complexity index is 1270. The highest BCUT2D eigenvalue weighted by Crippen LogP contribution is 2.55. The largest absolute Gasteiger partial charge is 0.469 e. The van der Waals surface area contributed by atoms with E-state index < -0.39 is 0 Å². The van der Waals surface area contributed by atoms with E-state index in [-0.39, 0.29) is 17.3 Å². The van der Waals surface area contributed by atoms with Crippen LogP contribution in [0.15, 0.2) is 72.8 Å². The van der Waals surface area contributed by atoms with Crippen LogP contribution in [0.4, 0.5) is 11.4 Å². The Labute approximate surface area is 226 Å². The molecule has 3 aromatic carbocycles. The van der Waals surface area contributed by atoms with Crippen molar-refractivity contribution in [2.24, 2.45) is 11.3 Å². The van der Waals surface area contributed by atoms with Crippen LogP contribution in [0.2, 0.25) is 0 Å². The Hall–Kier alpha value is -3.60. The van der Waals surface area contributed by atoms with Crippen LogP contribution in [-0.2, 0) is 27.3 Å². The minimum atomic E-state index is -0.221. The molecule has 0 saturated heterocycles. The minimum Gasteiger partial charge on any atom is -0.469 e. The number of aryl methyl sites for hydroxylation is 1. The second-order valence-electron chi connectivity index (χ2n) is 11.2. The third kappa shape index (κ3) is 5.47. The number of anilines is 2. The number of nitrogens with zero attached hydrogens (tertiary/aromatic N) is 2. The Morgan fingerprint density at radius 2 is 1.53 bits per heavy atom. The minimum absolute atomic E-state index is 0.221. The van der Waals surface area contributed by atoms with Crippen LogP contribution in [0.5, 0.6) is 0 Å². The molecule has 0 radical (unpaired) electrons. The monoisotopic (exact) mass is 510 g/mol. The lowest BCUT2D eigenvalue weighted by Crippen LogP contribution is -2.41. The van der Waals surface area contributed by atoms with Crippen molar-refractivity contribution >= 4 is 23.3 Å². The topological polar surface area (TPSA) is 49.9 Å². The molecule has 38 heavy (non-hydrogen) atoms. The van der Waals surface area contributed by atoms with Gasteiger partial charge in [-0.1, -0.05) is 48.5 Å². The quantitative estimate of drug-likeness (QED) is 0.303. The van der Waals surface area contributed by atoms with Crippen LogP contribution in [0.3, 0.4) is 0 Å². The number of ether oxygens (including phenoxy) is 1. The summed E-state index contributed by atoms with van der Waals surface area (Å²) in [6, 6.07) is 25.2. The molecule has 5 rings (SSSR count). The van der Waals surface area contributed by atoms with E-state index in [1.807, 2.05) is 37.2 Å². The van der Waals surface area contributed by atoms with Crippen molar-refractivity contribution in [2.45, 2.75) is 51.5 Å². The van der Waals surface area contributed by atoms with Crippen molar-refractivity contribution in [2.75, 3.05) is 31.0 Å². The molecule has 0 aromatic heterocycles. The SMILES string of the molecule is COC(=O)CCc1cccc(N(Cc2ccc(-c3ccc(N(C)C)cc3)cc2)C(=O)C23CCC(CC2)C3)c1. The fourth-order valence-corrected chi connectivity index (χ4v) is 6.22. The Kier molecular flexibility index (Phi) is 7.55. The summed E-state index contributed by atoms with van der Waals surface area (Å²) < 4.78 is 4.82. The second kappa shape index (κ2) is 11.0. The number of methoxy groups -OCH3 is 1. The molecule has 5 heteroatoms. The average molecular weight is 511 g/mol. The summed E-state index contributed by atoms with van der Waals surface area (Å²) in [5.74, 6) is 0.734. The number of hydrogen-bond acceptors (Lipinski definition) is 4. The zero-order chi connectivity index (χ0) is 26.7. The van der Waals surface area contributed by atoms with Crippen molar-refractivity contribution in [1.29, 1.82) is 0 Å². The Balaban J connectivity index is 1.40. The van der Waals surface area contributed by atoms with E-state index in [1.54, 1.807) is 0 Å². The third-order valence-corrected chi connectivity index (χ3v) is 8.52. The highest BCUT2D eigenvalue weighted by molar-refractivity contribution is 5.98. The molecule has 2 aliphatic carbocycles.